The van der Waals surface area contributed by atoms with Crippen molar-refractivity contribution in [1.82, 2.24) is 5.32 Å². The summed E-state index contributed by atoms with van der Waals surface area (Å²) in [6, 6.07) is 7.19. The van der Waals surface area contributed by atoms with Crippen LogP contribution in [0, 0.1) is 5.41 Å². The van der Waals surface area contributed by atoms with E-state index in [4.69, 9.17) is 0 Å². The Bertz CT molecular complexity index is 524. The molecule has 1 amide bonds. The normalized spacial score (nSPS) is 31.0. The summed E-state index contributed by atoms with van der Waals surface area (Å²) in [5.74, 6) is 0.318. The van der Waals surface area contributed by atoms with E-state index in [2.05, 4.69) is 17.2 Å². The Kier molecular flexibility index (Phi) is 2.02. The molecule has 2 aliphatic heterocycles. The van der Waals surface area contributed by atoms with Crippen LogP contribution >= 0.6 is 0 Å². The highest BCUT2D eigenvalue weighted by Gasteiger charge is 2.48. The number of phenols is 1. The minimum absolute atomic E-state index is 0.0672. The number of para-hydroxylation sites is 1. The number of aliphatic imine (C=N–C) groups is 1. The number of fused-ring (bicyclic) bond motifs is 1. The van der Waals surface area contributed by atoms with Gasteiger partial charge in [0.25, 0.3) is 0 Å². The Balaban J connectivity index is 1.97. The molecule has 4 nitrogen and oxygen atoms in total. The van der Waals surface area contributed by atoms with Crippen LogP contribution in [-0.2, 0) is 4.79 Å². The second-order valence-corrected chi connectivity index (χ2v) is 5.07. The summed E-state index contributed by atoms with van der Waals surface area (Å²) < 4.78 is 0. The molecular formula is C13H14N2O2. The number of carbonyl (C=O) groups excluding carboxylic acids is 1. The van der Waals surface area contributed by atoms with Gasteiger partial charge in [0.15, 0.2) is 0 Å². The van der Waals surface area contributed by atoms with Gasteiger partial charge in [0.1, 0.15) is 11.9 Å². The van der Waals surface area contributed by atoms with Crippen LogP contribution in [0.15, 0.2) is 29.3 Å². The number of amides is 1. The third-order valence-corrected chi connectivity index (χ3v) is 3.59. The molecule has 1 fully saturated rings. The van der Waals surface area contributed by atoms with Crippen LogP contribution < -0.4 is 5.32 Å². The quantitative estimate of drug-likeness (QED) is 0.766. The van der Waals surface area contributed by atoms with E-state index in [1.807, 2.05) is 12.1 Å². The molecule has 0 aromatic heterocycles. The van der Waals surface area contributed by atoms with E-state index in [1.165, 1.54) is 0 Å². The topological polar surface area (TPSA) is 61.7 Å². The SMILES string of the molecule is C[C@@]12CC(=O)N[C@H]1N=C(c1ccccc1O)C2. The summed E-state index contributed by atoms with van der Waals surface area (Å²) in [4.78, 5) is 15.9. The fourth-order valence-corrected chi connectivity index (χ4v) is 2.65. The first-order valence-electron chi connectivity index (χ1n) is 5.73. The lowest BCUT2D eigenvalue weighted by molar-refractivity contribution is -0.119. The maximum Gasteiger partial charge on any atom is 0.222 e. The van der Waals surface area contributed by atoms with Crippen LogP contribution in [0.3, 0.4) is 0 Å². The molecule has 1 aromatic rings. The molecular weight excluding hydrogens is 216 g/mol. The summed E-state index contributed by atoms with van der Waals surface area (Å²) >= 11 is 0. The third kappa shape index (κ3) is 1.52. The third-order valence-electron chi connectivity index (χ3n) is 3.59. The van der Waals surface area contributed by atoms with Crippen LogP contribution in [-0.4, -0.2) is 22.9 Å². The maximum atomic E-state index is 11.3. The molecule has 0 unspecified atom stereocenters. The number of hydrogen-bond acceptors (Lipinski definition) is 3. The maximum absolute atomic E-state index is 11.3. The van der Waals surface area contributed by atoms with E-state index in [0.29, 0.717) is 6.42 Å². The summed E-state index contributed by atoms with van der Waals surface area (Å²) in [7, 11) is 0. The highest BCUT2D eigenvalue weighted by atomic mass is 16.3. The van der Waals surface area contributed by atoms with Gasteiger partial charge in [-0.25, -0.2) is 0 Å². The molecule has 1 saturated heterocycles. The predicted molar refractivity (Wildman–Crippen MR) is 63.9 cm³/mol. The number of hydrogen-bond donors (Lipinski definition) is 2. The molecule has 0 radical (unpaired) electrons. The molecule has 1 aromatic carbocycles. The second kappa shape index (κ2) is 3.32. The molecule has 0 aliphatic carbocycles. The standard InChI is InChI=1S/C13H14N2O2/c1-13-6-9(8-4-2-3-5-10(8)16)14-12(13)15-11(17)7-13/h2-5,12,16H,6-7H2,1H3,(H,15,17)/t12-,13-/m1/s1. The number of benzene rings is 1. The fraction of sp³-hybridized carbons (Fsp3) is 0.385. The zero-order valence-electron chi connectivity index (χ0n) is 9.60. The van der Waals surface area contributed by atoms with E-state index >= 15 is 0 Å². The minimum Gasteiger partial charge on any atom is -0.507 e. The van der Waals surface area contributed by atoms with Crippen molar-refractivity contribution < 1.29 is 9.90 Å². The molecule has 3 rings (SSSR count). The van der Waals surface area contributed by atoms with Crippen molar-refractivity contribution >= 4 is 11.6 Å². The van der Waals surface area contributed by atoms with E-state index < -0.39 is 0 Å². The number of nitrogens with zero attached hydrogens (tertiary/aromatic N) is 1. The van der Waals surface area contributed by atoms with E-state index in [-0.39, 0.29) is 23.2 Å². The summed E-state index contributed by atoms with van der Waals surface area (Å²) in [6.07, 6.45) is 1.11. The Morgan fingerprint density at radius 1 is 1.41 bits per heavy atom. The van der Waals surface area contributed by atoms with E-state index in [9.17, 15) is 9.90 Å². The van der Waals surface area contributed by atoms with E-state index in [1.54, 1.807) is 12.1 Å². The number of rotatable bonds is 1. The smallest absolute Gasteiger partial charge is 0.222 e. The molecule has 0 bridgehead atoms. The molecule has 88 valence electrons. The van der Waals surface area contributed by atoms with Crippen LogP contribution in [0.25, 0.3) is 0 Å². The molecule has 0 saturated carbocycles. The summed E-state index contributed by atoms with van der Waals surface area (Å²) in [5, 5.41) is 12.7. The summed E-state index contributed by atoms with van der Waals surface area (Å²) in [5.41, 5.74) is 1.53. The molecule has 4 heteroatoms. The zero-order chi connectivity index (χ0) is 12.0. The van der Waals surface area contributed by atoms with Gasteiger partial charge in [0.2, 0.25) is 5.91 Å². The van der Waals surface area contributed by atoms with Gasteiger partial charge in [0, 0.05) is 23.1 Å². The predicted octanol–water partition coefficient (Wildman–Crippen LogP) is 1.44. The largest absolute Gasteiger partial charge is 0.507 e. The van der Waals surface area contributed by atoms with E-state index in [0.717, 1.165) is 17.7 Å². The summed E-state index contributed by atoms with van der Waals surface area (Å²) in [6.45, 7) is 2.06. The molecule has 2 heterocycles. The van der Waals surface area contributed by atoms with Gasteiger partial charge in [-0.1, -0.05) is 19.1 Å². The number of phenolic OH excluding ortho intramolecular Hbond substituents is 1. The molecule has 17 heavy (non-hydrogen) atoms. The van der Waals surface area contributed by atoms with Gasteiger partial charge in [-0.3, -0.25) is 9.79 Å². The Hall–Kier alpha value is -1.84. The van der Waals surface area contributed by atoms with Gasteiger partial charge in [-0.05, 0) is 18.6 Å². The van der Waals surface area contributed by atoms with Gasteiger partial charge < -0.3 is 10.4 Å². The molecule has 2 atom stereocenters. The molecule has 2 N–H and O–H groups in total. The average Bonchev–Trinajstić information content (AvgIpc) is 2.68. The minimum atomic E-state index is -0.135. The second-order valence-electron chi connectivity index (χ2n) is 5.07. The lowest BCUT2D eigenvalue weighted by Gasteiger charge is -2.19. The van der Waals surface area contributed by atoms with Crippen molar-refractivity contribution in [3.8, 4) is 5.75 Å². The number of nitrogens with one attached hydrogen (secondary N) is 1. The van der Waals surface area contributed by atoms with Crippen molar-refractivity contribution in [2.75, 3.05) is 0 Å². The molecule has 2 aliphatic rings. The number of aromatic hydroxyl groups is 1. The lowest BCUT2D eigenvalue weighted by atomic mass is 9.83. The Morgan fingerprint density at radius 2 is 2.18 bits per heavy atom. The first-order valence-corrected chi connectivity index (χ1v) is 5.73. The van der Waals surface area contributed by atoms with Gasteiger partial charge in [-0.15, -0.1) is 0 Å². The Morgan fingerprint density at radius 3 is 2.88 bits per heavy atom. The van der Waals surface area contributed by atoms with Gasteiger partial charge in [0.05, 0.1) is 0 Å². The van der Waals surface area contributed by atoms with Crippen LogP contribution in [0.1, 0.15) is 25.3 Å². The van der Waals surface area contributed by atoms with Crippen LogP contribution in [0.5, 0.6) is 5.75 Å². The highest BCUT2D eigenvalue weighted by molar-refractivity contribution is 6.05. The number of carbonyl (C=O) groups is 1. The van der Waals surface area contributed by atoms with Crippen molar-refractivity contribution in [2.45, 2.75) is 25.9 Å². The average molecular weight is 230 g/mol. The highest BCUT2D eigenvalue weighted by Crippen LogP contribution is 2.42. The van der Waals surface area contributed by atoms with Crippen molar-refractivity contribution in [3.05, 3.63) is 29.8 Å². The van der Waals surface area contributed by atoms with Crippen LogP contribution in [0.2, 0.25) is 0 Å². The van der Waals surface area contributed by atoms with Crippen molar-refractivity contribution in [1.29, 1.82) is 0 Å². The van der Waals surface area contributed by atoms with Crippen LogP contribution in [0.4, 0.5) is 0 Å². The Labute approximate surface area is 99.4 Å². The molecule has 0 spiro atoms. The first kappa shape index (κ1) is 10.3. The fourth-order valence-electron chi connectivity index (χ4n) is 2.65. The zero-order valence-corrected chi connectivity index (χ0v) is 9.60. The van der Waals surface area contributed by atoms with Crippen molar-refractivity contribution in [3.63, 3.8) is 0 Å². The van der Waals surface area contributed by atoms with Gasteiger partial charge >= 0.3 is 0 Å². The lowest BCUT2D eigenvalue weighted by Crippen LogP contribution is -2.29. The monoisotopic (exact) mass is 230 g/mol. The first-order chi connectivity index (χ1) is 8.08. The van der Waals surface area contributed by atoms with Crippen molar-refractivity contribution in [2.24, 2.45) is 10.4 Å². The van der Waals surface area contributed by atoms with Gasteiger partial charge in [-0.2, -0.15) is 0 Å².